The number of benzene rings is 2. The van der Waals surface area contributed by atoms with Gasteiger partial charge in [-0.2, -0.15) is 0 Å². The Morgan fingerprint density at radius 2 is 1.86 bits per heavy atom. The Kier molecular flexibility index (Phi) is 5.81. The molecule has 0 amide bonds. The van der Waals surface area contributed by atoms with E-state index in [1.54, 1.807) is 12.1 Å². The van der Waals surface area contributed by atoms with Gasteiger partial charge in [0.05, 0.1) is 12.2 Å². The van der Waals surface area contributed by atoms with Crippen LogP contribution in [0.2, 0.25) is 0 Å². The lowest BCUT2D eigenvalue weighted by Gasteiger charge is -2.09. The lowest BCUT2D eigenvalue weighted by Crippen LogP contribution is -2.06. The van der Waals surface area contributed by atoms with E-state index in [9.17, 15) is 4.79 Å². The standard InChI is InChI=1S/C17H18BrNO2/c1-2-11-21-17(20)13-7-9-15(10-8-13)19-12-14-5-3-4-6-16(14)18/h3-10,19H,2,11-12H2,1H3. The molecule has 0 fully saturated rings. The Bertz CT molecular complexity index is 596. The van der Waals surface area contributed by atoms with Crippen LogP contribution in [0.4, 0.5) is 5.69 Å². The average molecular weight is 348 g/mol. The Labute approximate surface area is 133 Å². The molecule has 0 saturated carbocycles. The predicted molar refractivity (Wildman–Crippen MR) is 88.5 cm³/mol. The van der Waals surface area contributed by atoms with Gasteiger partial charge in [-0.3, -0.25) is 0 Å². The van der Waals surface area contributed by atoms with Gasteiger partial charge in [-0.15, -0.1) is 0 Å². The molecule has 0 aliphatic heterocycles. The van der Waals surface area contributed by atoms with Crippen molar-refractivity contribution in [3.05, 3.63) is 64.1 Å². The van der Waals surface area contributed by atoms with E-state index in [2.05, 4.69) is 27.3 Å². The monoisotopic (exact) mass is 347 g/mol. The second-order valence-electron chi connectivity index (χ2n) is 4.66. The van der Waals surface area contributed by atoms with E-state index < -0.39 is 0 Å². The molecule has 2 aromatic rings. The van der Waals surface area contributed by atoms with Crippen molar-refractivity contribution in [1.29, 1.82) is 0 Å². The van der Waals surface area contributed by atoms with Crippen molar-refractivity contribution in [2.24, 2.45) is 0 Å². The summed E-state index contributed by atoms with van der Waals surface area (Å²) in [5, 5.41) is 3.33. The van der Waals surface area contributed by atoms with Gasteiger partial charge in [-0.25, -0.2) is 4.79 Å². The van der Waals surface area contributed by atoms with Crippen LogP contribution in [0.3, 0.4) is 0 Å². The molecule has 0 aliphatic rings. The first-order chi connectivity index (χ1) is 10.2. The topological polar surface area (TPSA) is 38.3 Å². The number of rotatable bonds is 6. The molecule has 0 saturated heterocycles. The van der Waals surface area contributed by atoms with E-state index in [0.29, 0.717) is 12.2 Å². The number of hydrogen-bond donors (Lipinski definition) is 1. The number of hydrogen-bond acceptors (Lipinski definition) is 3. The van der Waals surface area contributed by atoms with Crippen molar-refractivity contribution in [1.82, 2.24) is 0 Å². The third kappa shape index (κ3) is 4.60. The largest absolute Gasteiger partial charge is 0.462 e. The van der Waals surface area contributed by atoms with Crippen molar-refractivity contribution in [2.45, 2.75) is 19.9 Å². The Morgan fingerprint density at radius 1 is 1.14 bits per heavy atom. The summed E-state index contributed by atoms with van der Waals surface area (Å²) in [6.07, 6.45) is 0.831. The van der Waals surface area contributed by atoms with E-state index in [1.807, 2.05) is 37.3 Å². The van der Waals surface area contributed by atoms with Gasteiger partial charge in [0, 0.05) is 16.7 Å². The van der Waals surface area contributed by atoms with E-state index in [4.69, 9.17) is 4.74 Å². The predicted octanol–water partition coefficient (Wildman–Crippen LogP) is 4.63. The van der Waals surface area contributed by atoms with Gasteiger partial charge in [0.15, 0.2) is 0 Å². The van der Waals surface area contributed by atoms with Crippen molar-refractivity contribution in [3.8, 4) is 0 Å². The molecule has 2 rings (SSSR count). The van der Waals surface area contributed by atoms with Gasteiger partial charge in [0.2, 0.25) is 0 Å². The fourth-order valence-electron chi connectivity index (χ4n) is 1.84. The number of carbonyl (C=O) groups is 1. The summed E-state index contributed by atoms with van der Waals surface area (Å²) >= 11 is 3.52. The molecule has 21 heavy (non-hydrogen) atoms. The van der Waals surface area contributed by atoms with Crippen LogP contribution in [-0.2, 0) is 11.3 Å². The lowest BCUT2D eigenvalue weighted by atomic mass is 10.2. The number of nitrogens with one attached hydrogen (secondary N) is 1. The fourth-order valence-corrected chi connectivity index (χ4v) is 2.27. The second-order valence-corrected chi connectivity index (χ2v) is 5.51. The smallest absolute Gasteiger partial charge is 0.338 e. The summed E-state index contributed by atoms with van der Waals surface area (Å²) in [5.74, 6) is -0.269. The van der Waals surface area contributed by atoms with Crippen molar-refractivity contribution >= 4 is 27.6 Å². The summed E-state index contributed by atoms with van der Waals surface area (Å²) in [6, 6.07) is 15.4. The zero-order chi connectivity index (χ0) is 15.1. The molecule has 0 aromatic heterocycles. The quantitative estimate of drug-likeness (QED) is 0.774. The highest BCUT2D eigenvalue weighted by atomic mass is 79.9. The average Bonchev–Trinajstić information content (AvgIpc) is 2.52. The molecule has 0 radical (unpaired) electrons. The zero-order valence-corrected chi connectivity index (χ0v) is 13.5. The van der Waals surface area contributed by atoms with E-state index >= 15 is 0 Å². The summed E-state index contributed by atoms with van der Waals surface area (Å²) < 4.78 is 6.18. The summed E-state index contributed by atoms with van der Waals surface area (Å²) in [7, 11) is 0. The van der Waals surface area contributed by atoms with Gasteiger partial charge >= 0.3 is 5.97 Å². The molecule has 3 nitrogen and oxygen atoms in total. The first-order valence-electron chi connectivity index (χ1n) is 6.95. The molecule has 0 heterocycles. The zero-order valence-electron chi connectivity index (χ0n) is 11.9. The van der Waals surface area contributed by atoms with Crippen LogP contribution >= 0.6 is 15.9 Å². The Morgan fingerprint density at radius 3 is 2.52 bits per heavy atom. The Balaban J connectivity index is 1.93. The first kappa shape index (κ1) is 15.6. The number of ether oxygens (including phenoxy) is 1. The minimum atomic E-state index is -0.269. The van der Waals surface area contributed by atoms with Crippen molar-refractivity contribution in [3.63, 3.8) is 0 Å². The summed E-state index contributed by atoms with van der Waals surface area (Å²) in [4.78, 5) is 11.7. The molecule has 1 N–H and O–H groups in total. The highest BCUT2D eigenvalue weighted by Crippen LogP contribution is 2.18. The lowest BCUT2D eigenvalue weighted by molar-refractivity contribution is 0.0505. The SMILES string of the molecule is CCCOC(=O)c1ccc(NCc2ccccc2Br)cc1. The second kappa shape index (κ2) is 7.84. The third-order valence-electron chi connectivity index (χ3n) is 3.00. The fraction of sp³-hybridized carbons (Fsp3) is 0.235. The molecular weight excluding hydrogens is 330 g/mol. The number of carbonyl (C=O) groups excluding carboxylic acids is 1. The van der Waals surface area contributed by atoms with Crippen LogP contribution in [0.25, 0.3) is 0 Å². The van der Waals surface area contributed by atoms with E-state index in [1.165, 1.54) is 5.56 Å². The molecule has 110 valence electrons. The van der Waals surface area contributed by atoms with Gasteiger partial charge in [-0.05, 0) is 42.3 Å². The molecule has 2 aromatic carbocycles. The van der Waals surface area contributed by atoms with E-state index in [-0.39, 0.29) is 5.97 Å². The number of anilines is 1. The molecule has 0 bridgehead atoms. The van der Waals surface area contributed by atoms with Crippen LogP contribution in [0.5, 0.6) is 0 Å². The van der Waals surface area contributed by atoms with Gasteiger partial charge in [0.25, 0.3) is 0 Å². The maximum atomic E-state index is 11.7. The van der Waals surface area contributed by atoms with Crippen molar-refractivity contribution in [2.75, 3.05) is 11.9 Å². The highest BCUT2D eigenvalue weighted by molar-refractivity contribution is 9.10. The van der Waals surface area contributed by atoms with Crippen LogP contribution in [0.15, 0.2) is 53.0 Å². The number of halogens is 1. The maximum Gasteiger partial charge on any atom is 0.338 e. The minimum absolute atomic E-state index is 0.269. The molecule has 0 unspecified atom stereocenters. The number of esters is 1. The van der Waals surface area contributed by atoms with Crippen LogP contribution in [-0.4, -0.2) is 12.6 Å². The maximum absolute atomic E-state index is 11.7. The molecule has 0 atom stereocenters. The van der Waals surface area contributed by atoms with Gasteiger partial charge in [0.1, 0.15) is 0 Å². The molecule has 0 spiro atoms. The van der Waals surface area contributed by atoms with Gasteiger partial charge in [-0.1, -0.05) is 41.1 Å². The minimum Gasteiger partial charge on any atom is -0.462 e. The van der Waals surface area contributed by atoms with Crippen molar-refractivity contribution < 1.29 is 9.53 Å². The normalized spacial score (nSPS) is 10.2. The molecular formula is C17H18BrNO2. The van der Waals surface area contributed by atoms with E-state index in [0.717, 1.165) is 23.1 Å². The summed E-state index contributed by atoms with van der Waals surface area (Å²) in [5.41, 5.74) is 2.73. The Hall–Kier alpha value is -1.81. The summed E-state index contributed by atoms with van der Waals surface area (Å²) in [6.45, 7) is 3.16. The highest BCUT2D eigenvalue weighted by Gasteiger charge is 2.06. The van der Waals surface area contributed by atoms with Crippen LogP contribution in [0, 0.1) is 0 Å². The molecule has 4 heteroatoms. The third-order valence-corrected chi connectivity index (χ3v) is 3.77. The first-order valence-corrected chi connectivity index (χ1v) is 7.74. The van der Waals surface area contributed by atoms with Crippen LogP contribution in [0.1, 0.15) is 29.3 Å². The van der Waals surface area contributed by atoms with Crippen LogP contribution < -0.4 is 5.32 Å². The molecule has 0 aliphatic carbocycles. The van der Waals surface area contributed by atoms with Gasteiger partial charge < -0.3 is 10.1 Å².